The lowest BCUT2D eigenvalue weighted by Gasteiger charge is -2.19. The molecule has 1 aliphatic rings. The van der Waals surface area contributed by atoms with E-state index in [1.54, 1.807) is 0 Å². The number of nitrogens with one attached hydrogen (secondary N) is 1. The quantitative estimate of drug-likeness (QED) is 0.930. The lowest BCUT2D eigenvalue weighted by molar-refractivity contribution is 0.297. The predicted octanol–water partition coefficient (Wildman–Crippen LogP) is 2.62. The van der Waals surface area contributed by atoms with E-state index in [9.17, 15) is 0 Å². The van der Waals surface area contributed by atoms with Gasteiger partial charge in [0.05, 0.1) is 6.04 Å². The maximum absolute atomic E-state index is 5.40. The first-order valence-electron chi connectivity index (χ1n) is 7.09. The molecule has 5 heteroatoms. The molecule has 1 unspecified atom stereocenters. The molecule has 0 saturated carbocycles. The van der Waals surface area contributed by atoms with Crippen molar-refractivity contribution in [3.8, 4) is 11.4 Å². The van der Waals surface area contributed by atoms with Gasteiger partial charge in [0.25, 0.3) is 0 Å². The van der Waals surface area contributed by atoms with Gasteiger partial charge in [-0.25, -0.2) is 0 Å². The Morgan fingerprint density at radius 3 is 2.65 bits per heavy atom. The van der Waals surface area contributed by atoms with Crippen LogP contribution < -0.4 is 10.2 Å². The average Bonchev–Trinajstić information content (AvgIpc) is 2.98. The summed E-state index contributed by atoms with van der Waals surface area (Å²) in [5, 5.41) is 7.52. The number of anilines is 1. The van der Waals surface area contributed by atoms with Crippen molar-refractivity contribution in [2.45, 2.75) is 25.3 Å². The average molecular weight is 272 g/mol. The predicted molar refractivity (Wildman–Crippen MR) is 78.7 cm³/mol. The summed E-state index contributed by atoms with van der Waals surface area (Å²) in [5.41, 5.74) is 2.15. The molecule has 1 N–H and O–H groups in total. The van der Waals surface area contributed by atoms with Crippen molar-refractivity contribution >= 4 is 5.69 Å². The number of hydrogen-bond donors (Lipinski definition) is 1. The number of nitrogens with zero attached hydrogens (tertiary/aromatic N) is 3. The molecule has 0 amide bonds. The van der Waals surface area contributed by atoms with Crippen LogP contribution in [0, 0.1) is 0 Å². The zero-order chi connectivity index (χ0) is 13.9. The molecule has 1 saturated heterocycles. The van der Waals surface area contributed by atoms with Gasteiger partial charge >= 0.3 is 0 Å². The van der Waals surface area contributed by atoms with Crippen molar-refractivity contribution in [2.75, 3.05) is 25.5 Å². The molecule has 1 atom stereocenters. The van der Waals surface area contributed by atoms with Crippen LogP contribution in [0.3, 0.4) is 0 Å². The van der Waals surface area contributed by atoms with Crippen molar-refractivity contribution in [1.82, 2.24) is 15.5 Å². The lowest BCUT2D eigenvalue weighted by Crippen LogP contribution is -2.26. The van der Waals surface area contributed by atoms with E-state index >= 15 is 0 Å². The number of piperidine rings is 1. The second kappa shape index (κ2) is 5.63. The molecule has 0 radical (unpaired) electrons. The minimum Gasteiger partial charge on any atom is -0.378 e. The maximum Gasteiger partial charge on any atom is 0.244 e. The van der Waals surface area contributed by atoms with E-state index in [0.717, 1.165) is 24.2 Å². The Labute approximate surface area is 119 Å². The molecular weight excluding hydrogens is 252 g/mol. The Morgan fingerprint density at radius 2 is 2.00 bits per heavy atom. The van der Waals surface area contributed by atoms with Gasteiger partial charge in [-0.3, -0.25) is 0 Å². The van der Waals surface area contributed by atoms with Crippen molar-refractivity contribution in [2.24, 2.45) is 0 Å². The number of aromatic nitrogens is 2. The summed E-state index contributed by atoms with van der Waals surface area (Å²) >= 11 is 0. The Morgan fingerprint density at radius 1 is 1.20 bits per heavy atom. The SMILES string of the molecule is CN(C)c1ccc(-c2noc(C3CCCCN3)n2)cc1. The molecule has 1 aliphatic heterocycles. The van der Waals surface area contributed by atoms with E-state index in [-0.39, 0.29) is 6.04 Å². The van der Waals surface area contributed by atoms with E-state index in [4.69, 9.17) is 4.52 Å². The van der Waals surface area contributed by atoms with Gasteiger partial charge in [-0.05, 0) is 43.7 Å². The van der Waals surface area contributed by atoms with E-state index in [0.29, 0.717) is 11.7 Å². The zero-order valence-electron chi connectivity index (χ0n) is 12.0. The molecule has 2 heterocycles. The molecule has 0 aliphatic carbocycles. The molecule has 1 aromatic carbocycles. The maximum atomic E-state index is 5.40. The topological polar surface area (TPSA) is 54.2 Å². The van der Waals surface area contributed by atoms with E-state index in [1.165, 1.54) is 12.8 Å². The number of rotatable bonds is 3. The van der Waals surface area contributed by atoms with Crippen molar-refractivity contribution in [1.29, 1.82) is 0 Å². The van der Waals surface area contributed by atoms with Gasteiger partial charge in [-0.2, -0.15) is 4.98 Å². The first-order chi connectivity index (χ1) is 9.74. The van der Waals surface area contributed by atoms with E-state index in [1.807, 2.05) is 26.2 Å². The third-order valence-corrected chi connectivity index (χ3v) is 3.69. The Bertz CT molecular complexity index is 556. The highest BCUT2D eigenvalue weighted by atomic mass is 16.5. The summed E-state index contributed by atoms with van der Waals surface area (Å²) < 4.78 is 5.40. The van der Waals surface area contributed by atoms with Crippen LogP contribution in [0.15, 0.2) is 28.8 Å². The van der Waals surface area contributed by atoms with Crippen LogP contribution >= 0.6 is 0 Å². The van der Waals surface area contributed by atoms with E-state index in [2.05, 4.69) is 32.5 Å². The second-order valence-electron chi connectivity index (χ2n) is 5.40. The Balaban J connectivity index is 1.78. The molecule has 5 nitrogen and oxygen atoms in total. The molecular formula is C15H20N4O. The van der Waals surface area contributed by atoms with Crippen LogP contribution in [0.2, 0.25) is 0 Å². The standard InChI is InChI=1S/C15H20N4O/c1-19(2)12-8-6-11(7-9-12)14-17-15(20-18-14)13-5-3-4-10-16-13/h6-9,13,16H,3-5,10H2,1-2H3. The smallest absolute Gasteiger partial charge is 0.244 e. The molecule has 1 fully saturated rings. The van der Waals surface area contributed by atoms with Gasteiger partial charge < -0.3 is 14.7 Å². The summed E-state index contributed by atoms with van der Waals surface area (Å²) in [4.78, 5) is 6.59. The third kappa shape index (κ3) is 2.67. The fourth-order valence-corrected chi connectivity index (χ4v) is 2.47. The van der Waals surface area contributed by atoms with Crippen LogP contribution in [0.5, 0.6) is 0 Å². The fraction of sp³-hybridized carbons (Fsp3) is 0.467. The Kier molecular flexibility index (Phi) is 3.69. The summed E-state index contributed by atoms with van der Waals surface area (Å²) in [6.45, 7) is 1.03. The molecule has 3 rings (SSSR count). The molecule has 0 spiro atoms. The van der Waals surface area contributed by atoms with Crippen LogP contribution in [0.4, 0.5) is 5.69 Å². The van der Waals surface area contributed by atoms with Gasteiger partial charge in [0.1, 0.15) is 0 Å². The van der Waals surface area contributed by atoms with Gasteiger partial charge in [0, 0.05) is 25.3 Å². The molecule has 2 aromatic rings. The summed E-state index contributed by atoms with van der Waals surface area (Å²) in [7, 11) is 4.05. The van der Waals surface area contributed by atoms with Gasteiger partial charge in [0.2, 0.25) is 11.7 Å². The monoisotopic (exact) mass is 272 g/mol. The van der Waals surface area contributed by atoms with Crippen LogP contribution in [0.25, 0.3) is 11.4 Å². The van der Waals surface area contributed by atoms with Crippen LogP contribution in [0.1, 0.15) is 31.2 Å². The van der Waals surface area contributed by atoms with Crippen LogP contribution in [-0.4, -0.2) is 30.8 Å². The minimum atomic E-state index is 0.214. The number of hydrogen-bond acceptors (Lipinski definition) is 5. The first kappa shape index (κ1) is 13.1. The van der Waals surface area contributed by atoms with Crippen LogP contribution in [-0.2, 0) is 0 Å². The van der Waals surface area contributed by atoms with Crippen molar-refractivity contribution in [3.63, 3.8) is 0 Å². The highest BCUT2D eigenvalue weighted by Gasteiger charge is 2.21. The van der Waals surface area contributed by atoms with Gasteiger partial charge in [-0.1, -0.05) is 11.6 Å². The zero-order valence-corrected chi connectivity index (χ0v) is 12.0. The Hall–Kier alpha value is -1.88. The minimum absolute atomic E-state index is 0.214. The van der Waals surface area contributed by atoms with Gasteiger partial charge in [-0.15, -0.1) is 0 Å². The summed E-state index contributed by atoms with van der Waals surface area (Å²) in [6.07, 6.45) is 3.51. The normalized spacial score (nSPS) is 19.0. The molecule has 20 heavy (non-hydrogen) atoms. The van der Waals surface area contributed by atoms with Crippen molar-refractivity contribution in [3.05, 3.63) is 30.2 Å². The first-order valence-corrected chi connectivity index (χ1v) is 7.09. The molecule has 1 aromatic heterocycles. The second-order valence-corrected chi connectivity index (χ2v) is 5.40. The summed E-state index contributed by atoms with van der Waals surface area (Å²) in [5.74, 6) is 1.37. The number of benzene rings is 1. The van der Waals surface area contributed by atoms with Gasteiger partial charge in [0.15, 0.2) is 0 Å². The largest absolute Gasteiger partial charge is 0.378 e. The third-order valence-electron chi connectivity index (χ3n) is 3.69. The lowest BCUT2D eigenvalue weighted by atomic mass is 10.1. The fourth-order valence-electron chi connectivity index (χ4n) is 2.47. The highest BCUT2D eigenvalue weighted by Crippen LogP contribution is 2.25. The van der Waals surface area contributed by atoms with E-state index < -0.39 is 0 Å². The summed E-state index contributed by atoms with van der Waals surface area (Å²) in [6, 6.07) is 8.39. The molecule has 106 valence electrons. The molecule has 0 bridgehead atoms. The van der Waals surface area contributed by atoms with Crippen molar-refractivity contribution < 1.29 is 4.52 Å². The highest BCUT2D eigenvalue weighted by molar-refractivity contribution is 5.59.